The van der Waals surface area contributed by atoms with Crippen LogP contribution in [0.5, 0.6) is 0 Å². The van der Waals surface area contributed by atoms with Crippen molar-refractivity contribution in [2.45, 2.75) is 45.2 Å². The van der Waals surface area contributed by atoms with Crippen LogP contribution in [0.1, 0.15) is 33.1 Å². The minimum atomic E-state index is 0.650. The van der Waals surface area contributed by atoms with Gasteiger partial charge >= 0.3 is 0 Å². The summed E-state index contributed by atoms with van der Waals surface area (Å²) in [5.41, 5.74) is 0. The van der Waals surface area contributed by atoms with Crippen LogP contribution in [0.4, 0.5) is 0 Å². The van der Waals surface area contributed by atoms with E-state index in [2.05, 4.69) is 36.0 Å². The molecule has 80 valence electrons. The van der Waals surface area contributed by atoms with Crippen LogP contribution in [-0.2, 0) is 0 Å². The molecule has 1 unspecified atom stereocenters. The molecule has 1 N–H and O–H groups in total. The second kappa shape index (κ2) is 6.06. The summed E-state index contributed by atoms with van der Waals surface area (Å²) in [5.74, 6) is 5.97. The number of nitrogens with one attached hydrogen (secondary N) is 1. The Morgan fingerprint density at radius 2 is 2.21 bits per heavy atom. The highest BCUT2D eigenvalue weighted by Crippen LogP contribution is 2.26. The van der Waals surface area contributed by atoms with E-state index in [0.717, 1.165) is 25.6 Å². The highest BCUT2D eigenvalue weighted by atomic mass is 15.2. The van der Waals surface area contributed by atoms with Crippen LogP contribution >= 0.6 is 0 Å². The Labute approximate surface area is 88.1 Å². The lowest BCUT2D eigenvalue weighted by Crippen LogP contribution is -2.39. The standard InChI is InChI=1S/C12H22N2/c1-4-5-6-9-13-10-11(2)14(3)12-7-8-12/h11-13H,6-10H2,1-3H3. The van der Waals surface area contributed by atoms with Crippen molar-refractivity contribution in [3.8, 4) is 11.8 Å². The van der Waals surface area contributed by atoms with Gasteiger partial charge < -0.3 is 5.32 Å². The molecule has 2 nitrogen and oxygen atoms in total. The molecule has 1 aliphatic carbocycles. The molecule has 1 aliphatic rings. The fraction of sp³-hybridized carbons (Fsp3) is 0.833. The molecule has 0 aromatic carbocycles. The first kappa shape index (κ1) is 11.6. The summed E-state index contributed by atoms with van der Waals surface area (Å²) < 4.78 is 0. The minimum absolute atomic E-state index is 0.650. The Morgan fingerprint density at radius 3 is 2.79 bits per heavy atom. The van der Waals surface area contributed by atoms with Crippen molar-refractivity contribution >= 4 is 0 Å². The molecule has 1 saturated carbocycles. The quantitative estimate of drug-likeness (QED) is 0.509. The molecule has 1 atom stereocenters. The molecule has 2 heteroatoms. The van der Waals surface area contributed by atoms with Gasteiger partial charge in [-0.25, -0.2) is 0 Å². The van der Waals surface area contributed by atoms with Crippen LogP contribution in [0.2, 0.25) is 0 Å². The molecule has 1 rings (SSSR count). The van der Waals surface area contributed by atoms with E-state index >= 15 is 0 Å². The summed E-state index contributed by atoms with van der Waals surface area (Å²) in [6.45, 7) is 6.28. The van der Waals surface area contributed by atoms with Crippen LogP contribution in [-0.4, -0.2) is 37.1 Å². The summed E-state index contributed by atoms with van der Waals surface area (Å²) in [6, 6.07) is 1.51. The summed E-state index contributed by atoms with van der Waals surface area (Å²) in [4.78, 5) is 2.48. The summed E-state index contributed by atoms with van der Waals surface area (Å²) in [7, 11) is 2.23. The zero-order valence-electron chi connectivity index (χ0n) is 9.64. The Balaban J connectivity index is 2.01. The fourth-order valence-electron chi connectivity index (χ4n) is 1.57. The predicted octanol–water partition coefficient (Wildman–Crippen LogP) is 1.47. The summed E-state index contributed by atoms with van der Waals surface area (Å²) in [6.07, 6.45) is 3.75. The van der Waals surface area contributed by atoms with E-state index in [0.29, 0.717) is 6.04 Å². The zero-order chi connectivity index (χ0) is 10.4. The third-order valence-corrected chi connectivity index (χ3v) is 2.86. The normalized spacial score (nSPS) is 17.7. The van der Waals surface area contributed by atoms with Gasteiger partial charge in [-0.15, -0.1) is 11.8 Å². The number of hydrogen-bond acceptors (Lipinski definition) is 2. The van der Waals surface area contributed by atoms with Gasteiger partial charge in [0.05, 0.1) is 0 Å². The molecule has 0 aromatic heterocycles. The van der Waals surface area contributed by atoms with E-state index in [9.17, 15) is 0 Å². The molecule has 0 bridgehead atoms. The number of hydrogen-bond donors (Lipinski definition) is 1. The largest absolute Gasteiger partial charge is 0.314 e. The molecule has 14 heavy (non-hydrogen) atoms. The van der Waals surface area contributed by atoms with Gasteiger partial charge in [0.15, 0.2) is 0 Å². The first-order valence-corrected chi connectivity index (χ1v) is 5.58. The number of nitrogens with zero attached hydrogens (tertiary/aromatic N) is 1. The third kappa shape index (κ3) is 4.13. The van der Waals surface area contributed by atoms with Gasteiger partial charge in [0.1, 0.15) is 0 Å². The van der Waals surface area contributed by atoms with E-state index in [1.54, 1.807) is 0 Å². The Bertz CT molecular complexity index is 210. The van der Waals surface area contributed by atoms with Crippen molar-refractivity contribution in [3.63, 3.8) is 0 Å². The lowest BCUT2D eigenvalue weighted by atomic mass is 10.3. The van der Waals surface area contributed by atoms with Crippen molar-refractivity contribution in [1.82, 2.24) is 10.2 Å². The Kier molecular flexibility index (Phi) is 5.00. The van der Waals surface area contributed by atoms with Crippen molar-refractivity contribution in [2.75, 3.05) is 20.1 Å². The van der Waals surface area contributed by atoms with Gasteiger partial charge in [0.25, 0.3) is 0 Å². The predicted molar refractivity (Wildman–Crippen MR) is 61.2 cm³/mol. The van der Waals surface area contributed by atoms with E-state index in [-0.39, 0.29) is 0 Å². The molecular weight excluding hydrogens is 172 g/mol. The molecular formula is C12H22N2. The summed E-state index contributed by atoms with van der Waals surface area (Å²) >= 11 is 0. The average molecular weight is 194 g/mol. The molecule has 0 radical (unpaired) electrons. The smallest absolute Gasteiger partial charge is 0.0214 e. The highest BCUT2D eigenvalue weighted by molar-refractivity contribution is 4.95. The second-order valence-corrected chi connectivity index (χ2v) is 4.13. The van der Waals surface area contributed by atoms with E-state index < -0.39 is 0 Å². The van der Waals surface area contributed by atoms with Gasteiger partial charge in [-0.2, -0.15) is 0 Å². The Morgan fingerprint density at radius 1 is 1.50 bits per heavy atom. The van der Waals surface area contributed by atoms with Gasteiger partial charge in [-0.3, -0.25) is 4.90 Å². The monoisotopic (exact) mass is 194 g/mol. The van der Waals surface area contributed by atoms with Gasteiger partial charge in [0.2, 0.25) is 0 Å². The van der Waals surface area contributed by atoms with Gasteiger partial charge in [0, 0.05) is 31.6 Å². The number of likely N-dealkylation sites (N-methyl/N-ethyl adjacent to an activating group) is 1. The van der Waals surface area contributed by atoms with E-state index in [1.165, 1.54) is 12.8 Å². The highest BCUT2D eigenvalue weighted by Gasteiger charge is 2.28. The van der Waals surface area contributed by atoms with Crippen LogP contribution in [0, 0.1) is 11.8 Å². The molecule has 0 amide bonds. The van der Waals surface area contributed by atoms with Crippen molar-refractivity contribution in [1.29, 1.82) is 0 Å². The minimum Gasteiger partial charge on any atom is -0.314 e. The third-order valence-electron chi connectivity index (χ3n) is 2.86. The van der Waals surface area contributed by atoms with E-state index in [4.69, 9.17) is 0 Å². The zero-order valence-corrected chi connectivity index (χ0v) is 9.64. The van der Waals surface area contributed by atoms with Crippen LogP contribution in [0.15, 0.2) is 0 Å². The molecule has 0 spiro atoms. The van der Waals surface area contributed by atoms with Gasteiger partial charge in [-0.05, 0) is 33.7 Å². The molecule has 0 aromatic rings. The fourth-order valence-corrected chi connectivity index (χ4v) is 1.57. The van der Waals surface area contributed by atoms with Crippen LogP contribution < -0.4 is 5.32 Å². The molecule has 0 heterocycles. The maximum Gasteiger partial charge on any atom is 0.0214 e. The van der Waals surface area contributed by atoms with Crippen molar-refractivity contribution < 1.29 is 0 Å². The summed E-state index contributed by atoms with van der Waals surface area (Å²) in [5, 5.41) is 3.44. The van der Waals surface area contributed by atoms with E-state index in [1.807, 2.05) is 6.92 Å². The first-order valence-electron chi connectivity index (χ1n) is 5.58. The topological polar surface area (TPSA) is 15.3 Å². The first-order chi connectivity index (χ1) is 6.75. The SMILES string of the molecule is CC#CCCNCC(C)N(C)C1CC1. The van der Waals surface area contributed by atoms with Crippen LogP contribution in [0.25, 0.3) is 0 Å². The molecule has 0 aliphatic heterocycles. The average Bonchev–Trinajstić information content (AvgIpc) is 2.99. The lowest BCUT2D eigenvalue weighted by Gasteiger charge is -2.24. The maximum atomic E-state index is 3.44. The Hall–Kier alpha value is -0.520. The van der Waals surface area contributed by atoms with Crippen LogP contribution in [0.3, 0.4) is 0 Å². The molecule has 1 fully saturated rings. The second-order valence-electron chi connectivity index (χ2n) is 4.13. The van der Waals surface area contributed by atoms with Crippen molar-refractivity contribution in [3.05, 3.63) is 0 Å². The lowest BCUT2D eigenvalue weighted by molar-refractivity contribution is 0.242. The maximum absolute atomic E-state index is 3.44. The van der Waals surface area contributed by atoms with Gasteiger partial charge in [-0.1, -0.05) is 0 Å². The van der Waals surface area contributed by atoms with Crippen molar-refractivity contribution in [2.24, 2.45) is 0 Å². The molecule has 0 saturated heterocycles. The number of rotatable bonds is 6.